The zero-order valence-corrected chi connectivity index (χ0v) is 16.6. The van der Waals surface area contributed by atoms with E-state index in [1.807, 2.05) is 6.92 Å². The maximum atomic E-state index is 12.6. The van der Waals surface area contributed by atoms with Crippen molar-refractivity contribution >= 4 is 18.2 Å². The molecule has 7 heteroatoms. The van der Waals surface area contributed by atoms with E-state index >= 15 is 0 Å². The Morgan fingerprint density at radius 3 is 2.79 bits per heavy atom. The van der Waals surface area contributed by atoms with Crippen LogP contribution in [-0.4, -0.2) is 55.4 Å². The highest BCUT2D eigenvalue weighted by molar-refractivity contribution is 5.91. The lowest BCUT2D eigenvalue weighted by molar-refractivity contribution is -0.164. The Balaban J connectivity index is 2.56. The van der Waals surface area contributed by atoms with Crippen LogP contribution in [0.2, 0.25) is 0 Å². The minimum Gasteiger partial charge on any atom is -0.458 e. The summed E-state index contributed by atoms with van der Waals surface area (Å²) < 4.78 is 16.7. The molecule has 1 saturated heterocycles. The molecule has 28 heavy (non-hydrogen) atoms. The second-order valence-corrected chi connectivity index (χ2v) is 7.13. The van der Waals surface area contributed by atoms with E-state index in [9.17, 15) is 19.5 Å². The van der Waals surface area contributed by atoms with Crippen molar-refractivity contribution in [1.82, 2.24) is 0 Å². The molecule has 0 amide bonds. The number of carbonyl (C=O) groups excluding carboxylic acids is 3. The van der Waals surface area contributed by atoms with Gasteiger partial charge in [-0.25, -0.2) is 4.79 Å². The number of hydrogen-bond donors (Lipinski definition) is 1. The number of aldehydes is 1. The SMILES string of the molecule is C=C1C(=O)O[C@@H]2/C=C(\CO)CCC=C(C=O)[C@H](OC)[C@H](OC(=O)[C@@H](C)CC)[C@H]12. The van der Waals surface area contributed by atoms with Crippen LogP contribution in [0.1, 0.15) is 33.1 Å². The van der Waals surface area contributed by atoms with E-state index in [0.29, 0.717) is 36.7 Å². The maximum Gasteiger partial charge on any atom is 0.334 e. The van der Waals surface area contributed by atoms with Gasteiger partial charge in [0.05, 0.1) is 18.4 Å². The molecule has 0 aromatic carbocycles. The fourth-order valence-corrected chi connectivity index (χ4v) is 3.43. The topological polar surface area (TPSA) is 99.1 Å². The van der Waals surface area contributed by atoms with Gasteiger partial charge in [-0.3, -0.25) is 9.59 Å². The molecule has 0 spiro atoms. The summed E-state index contributed by atoms with van der Waals surface area (Å²) in [7, 11) is 1.42. The average molecular weight is 392 g/mol. The van der Waals surface area contributed by atoms with Gasteiger partial charge in [0, 0.05) is 18.3 Å². The van der Waals surface area contributed by atoms with Crippen molar-refractivity contribution in [3.05, 3.63) is 35.5 Å². The fraction of sp³-hybridized carbons (Fsp3) is 0.571. The third-order valence-electron chi connectivity index (χ3n) is 5.35. The Labute approximate surface area is 165 Å². The second-order valence-electron chi connectivity index (χ2n) is 7.13. The Bertz CT molecular complexity index is 691. The van der Waals surface area contributed by atoms with Crippen LogP contribution in [0.15, 0.2) is 35.5 Å². The van der Waals surface area contributed by atoms with E-state index in [0.717, 1.165) is 0 Å². The van der Waals surface area contributed by atoms with E-state index in [2.05, 4.69) is 6.58 Å². The smallest absolute Gasteiger partial charge is 0.334 e. The summed E-state index contributed by atoms with van der Waals surface area (Å²) in [6.45, 7) is 7.22. The lowest BCUT2D eigenvalue weighted by atomic mass is 9.83. The third kappa shape index (κ3) is 4.59. The van der Waals surface area contributed by atoms with Gasteiger partial charge in [0.15, 0.2) is 0 Å². The highest BCUT2D eigenvalue weighted by Gasteiger charge is 2.48. The van der Waals surface area contributed by atoms with Crippen LogP contribution in [0.4, 0.5) is 0 Å². The molecule has 7 nitrogen and oxygen atoms in total. The lowest BCUT2D eigenvalue weighted by Gasteiger charge is -2.33. The van der Waals surface area contributed by atoms with Gasteiger partial charge in [-0.2, -0.15) is 0 Å². The van der Waals surface area contributed by atoms with Crippen LogP contribution < -0.4 is 0 Å². The van der Waals surface area contributed by atoms with Crippen molar-refractivity contribution in [2.75, 3.05) is 13.7 Å². The number of methoxy groups -OCH3 is 1. The predicted molar refractivity (Wildman–Crippen MR) is 101 cm³/mol. The lowest BCUT2D eigenvalue weighted by Crippen LogP contribution is -2.44. The summed E-state index contributed by atoms with van der Waals surface area (Å²) in [5.74, 6) is -2.13. The fourth-order valence-electron chi connectivity index (χ4n) is 3.43. The number of aliphatic hydroxyl groups is 1. The number of carbonyl (C=O) groups is 3. The number of aliphatic hydroxyl groups excluding tert-OH is 1. The molecule has 154 valence electrons. The van der Waals surface area contributed by atoms with Crippen LogP contribution in [0.25, 0.3) is 0 Å². The number of ether oxygens (including phenoxy) is 3. The van der Waals surface area contributed by atoms with Crippen molar-refractivity contribution in [3.63, 3.8) is 0 Å². The normalized spacial score (nSPS) is 31.0. The van der Waals surface area contributed by atoms with E-state index in [1.54, 1.807) is 19.1 Å². The number of fused-ring (bicyclic) bond motifs is 1. The molecular formula is C21H28O7. The van der Waals surface area contributed by atoms with Crippen molar-refractivity contribution in [2.24, 2.45) is 11.8 Å². The Morgan fingerprint density at radius 2 is 2.21 bits per heavy atom. The van der Waals surface area contributed by atoms with Crippen LogP contribution in [0.3, 0.4) is 0 Å². The van der Waals surface area contributed by atoms with E-state index < -0.39 is 36.2 Å². The van der Waals surface area contributed by atoms with Gasteiger partial charge < -0.3 is 19.3 Å². The number of rotatable bonds is 6. The first-order valence-corrected chi connectivity index (χ1v) is 9.46. The zero-order chi connectivity index (χ0) is 20.8. The van der Waals surface area contributed by atoms with Gasteiger partial charge >= 0.3 is 11.9 Å². The van der Waals surface area contributed by atoms with Crippen LogP contribution in [-0.2, 0) is 28.6 Å². The summed E-state index contributed by atoms with van der Waals surface area (Å²) in [5, 5.41) is 9.63. The van der Waals surface area contributed by atoms with Gasteiger partial charge in [-0.05, 0) is 30.9 Å². The van der Waals surface area contributed by atoms with E-state index in [1.165, 1.54) is 7.11 Å². The summed E-state index contributed by atoms with van der Waals surface area (Å²) in [6, 6.07) is 0. The third-order valence-corrected chi connectivity index (χ3v) is 5.35. The highest BCUT2D eigenvalue weighted by atomic mass is 16.6. The zero-order valence-electron chi connectivity index (χ0n) is 16.6. The van der Waals surface area contributed by atoms with Crippen molar-refractivity contribution < 1.29 is 33.7 Å². The molecule has 1 heterocycles. The molecule has 0 aromatic heterocycles. The minimum atomic E-state index is -0.971. The monoisotopic (exact) mass is 392 g/mol. The van der Waals surface area contributed by atoms with Gasteiger partial charge in [0.1, 0.15) is 24.6 Å². The molecule has 1 N–H and O–H groups in total. The molecule has 0 saturated carbocycles. The standard InChI is InChI=1S/C21H28O7/c1-5-12(2)20(24)28-19-17-13(3)21(25)27-16(17)9-14(10-22)7-6-8-15(11-23)18(19)26-4/h8-9,11-12,16-19,22H,3,5-7,10H2,1-2,4H3/b14-9-,15-8?/t12-,16+,17+,18-,19+/m0/s1. The average Bonchev–Trinajstić information content (AvgIpc) is 2.97. The largest absolute Gasteiger partial charge is 0.458 e. The first kappa shape index (κ1) is 22.0. The second kappa shape index (κ2) is 9.80. The Morgan fingerprint density at radius 1 is 1.50 bits per heavy atom. The van der Waals surface area contributed by atoms with Crippen LogP contribution in [0, 0.1) is 11.8 Å². The van der Waals surface area contributed by atoms with Gasteiger partial charge in [-0.1, -0.05) is 26.5 Å². The molecular weight excluding hydrogens is 364 g/mol. The van der Waals surface area contributed by atoms with Crippen molar-refractivity contribution in [3.8, 4) is 0 Å². The first-order chi connectivity index (χ1) is 13.4. The van der Waals surface area contributed by atoms with E-state index in [4.69, 9.17) is 14.2 Å². The van der Waals surface area contributed by atoms with Gasteiger partial charge in [0.2, 0.25) is 0 Å². The molecule has 2 aliphatic rings. The summed E-state index contributed by atoms with van der Waals surface area (Å²) in [4.78, 5) is 36.5. The first-order valence-electron chi connectivity index (χ1n) is 9.46. The van der Waals surface area contributed by atoms with Gasteiger partial charge in [-0.15, -0.1) is 0 Å². The molecule has 0 radical (unpaired) electrons. The van der Waals surface area contributed by atoms with Crippen molar-refractivity contribution in [2.45, 2.75) is 51.4 Å². The highest BCUT2D eigenvalue weighted by Crippen LogP contribution is 2.37. The Hall–Kier alpha value is -2.25. The number of hydrogen-bond acceptors (Lipinski definition) is 7. The molecule has 0 bridgehead atoms. The van der Waals surface area contributed by atoms with E-state index in [-0.39, 0.29) is 18.1 Å². The minimum absolute atomic E-state index is 0.147. The summed E-state index contributed by atoms with van der Waals surface area (Å²) >= 11 is 0. The summed E-state index contributed by atoms with van der Waals surface area (Å²) in [5.41, 5.74) is 1.13. The molecule has 0 unspecified atom stereocenters. The molecule has 1 aliphatic carbocycles. The molecule has 1 fully saturated rings. The van der Waals surface area contributed by atoms with Crippen molar-refractivity contribution in [1.29, 1.82) is 0 Å². The predicted octanol–water partition coefficient (Wildman–Crippen LogP) is 1.89. The number of esters is 2. The van der Waals surface area contributed by atoms with Gasteiger partial charge in [0.25, 0.3) is 0 Å². The molecule has 1 aliphatic heterocycles. The maximum absolute atomic E-state index is 12.6. The molecule has 2 rings (SSSR count). The molecule has 0 aromatic rings. The van der Waals surface area contributed by atoms with Crippen LogP contribution >= 0.6 is 0 Å². The Kier molecular flexibility index (Phi) is 7.71. The summed E-state index contributed by atoms with van der Waals surface area (Å²) in [6.07, 6.45) is 3.01. The van der Waals surface area contributed by atoms with Crippen LogP contribution in [0.5, 0.6) is 0 Å². The molecule has 5 atom stereocenters. The quantitative estimate of drug-likeness (QED) is 0.319. The number of allylic oxidation sites excluding steroid dienone is 1.